The molecule has 0 fully saturated rings. The zero-order chi connectivity index (χ0) is 19.3. The quantitative estimate of drug-likeness (QED) is 0.683. The number of para-hydroxylation sites is 1. The van der Waals surface area contributed by atoms with E-state index < -0.39 is 0 Å². The summed E-state index contributed by atoms with van der Waals surface area (Å²) in [5.74, 6) is 1.52. The van der Waals surface area contributed by atoms with E-state index in [9.17, 15) is 0 Å². The molecule has 1 atom stereocenters. The molecule has 1 aliphatic heterocycles. The van der Waals surface area contributed by atoms with Gasteiger partial charge in [0.15, 0.2) is 0 Å². The molecule has 2 aromatic rings. The van der Waals surface area contributed by atoms with Crippen molar-refractivity contribution < 1.29 is 4.74 Å². The second-order valence-electron chi connectivity index (χ2n) is 6.03. The molecule has 0 bridgehead atoms. The first kappa shape index (κ1) is 21.3. The maximum Gasteiger partial charge on any atom is 0.205 e. The number of hydrogen-bond donors (Lipinski definition) is 2. The Bertz CT molecular complexity index is 666. The first-order chi connectivity index (χ1) is 13.3. The number of amidine groups is 1. The molecule has 0 saturated carbocycles. The SMILES string of the molecule is CC.CC(CCSC1=NNNN1c1ccccc1)COCc1ccccc1. The molecule has 1 unspecified atom stereocenters. The predicted molar refractivity (Wildman–Crippen MR) is 116 cm³/mol. The number of ether oxygens (including phenoxy) is 1. The summed E-state index contributed by atoms with van der Waals surface area (Å²) in [4.78, 5) is 0. The fourth-order valence-electron chi connectivity index (χ4n) is 2.46. The topological polar surface area (TPSA) is 48.9 Å². The number of hydrazine groups is 2. The number of nitrogens with one attached hydrogen (secondary N) is 2. The van der Waals surface area contributed by atoms with Crippen molar-refractivity contribution in [2.24, 2.45) is 11.0 Å². The Balaban J connectivity index is 0.00000126. The molecule has 27 heavy (non-hydrogen) atoms. The lowest BCUT2D eigenvalue weighted by atomic mass is 10.1. The Morgan fingerprint density at radius 3 is 2.41 bits per heavy atom. The molecule has 0 saturated heterocycles. The van der Waals surface area contributed by atoms with Gasteiger partial charge in [0.05, 0.1) is 12.3 Å². The lowest BCUT2D eigenvalue weighted by Crippen LogP contribution is -2.40. The van der Waals surface area contributed by atoms with Crippen LogP contribution in [-0.2, 0) is 11.3 Å². The summed E-state index contributed by atoms with van der Waals surface area (Å²) in [5, 5.41) is 7.20. The van der Waals surface area contributed by atoms with E-state index in [4.69, 9.17) is 4.74 Å². The number of rotatable bonds is 8. The van der Waals surface area contributed by atoms with Gasteiger partial charge in [-0.15, -0.1) is 10.6 Å². The van der Waals surface area contributed by atoms with E-state index in [0.29, 0.717) is 12.5 Å². The average molecular weight is 387 g/mol. The Kier molecular flexibility index (Phi) is 9.76. The Morgan fingerprint density at radius 1 is 1.04 bits per heavy atom. The van der Waals surface area contributed by atoms with E-state index >= 15 is 0 Å². The van der Waals surface area contributed by atoms with Gasteiger partial charge < -0.3 is 4.74 Å². The summed E-state index contributed by atoms with van der Waals surface area (Å²) in [6.07, 6.45) is 1.08. The molecule has 0 aliphatic carbocycles. The number of nitrogens with zero attached hydrogens (tertiary/aromatic N) is 2. The van der Waals surface area contributed by atoms with Crippen molar-refractivity contribution >= 4 is 22.6 Å². The lowest BCUT2D eigenvalue weighted by molar-refractivity contribution is 0.0914. The lowest BCUT2D eigenvalue weighted by Gasteiger charge is -2.18. The third-order valence-corrected chi connectivity index (χ3v) is 4.85. The van der Waals surface area contributed by atoms with Crippen molar-refractivity contribution in [3.05, 3.63) is 66.2 Å². The van der Waals surface area contributed by atoms with Crippen LogP contribution in [0.3, 0.4) is 0 Å². The van der Waals surface area contributed by atoms with Crippen LogP contribution in [0.15, 0.2) is 65.8 Å². The molecular formula is C21H30N4OS. The largest absolute Gasteiger partial charge is 0.376 e. The highest BCUT2D eigenvalue weighted by Crippen LogP contribution is 2.20. The zero-order valence-corrected chi connectivity index (χ0v) is 17.2. The van der Waals surface area contributed by atoms with Gasteiger partial charge >= 0.3 is 0 Å². The van der Waals surface area contributed by atoms with E-state index in [1.807, 2.05) is 55.3 Å². The monoisotopic (exact) mass is 386 g/mol. The molecule has 1 heterocycles. The highest BCUT2D eigenvalue weighted by atomic mass is 32.2. The van der Waals surface area contributed by atoms with Crippen LogP contribution >= 0.6 is 11.8 Å². The molecule has 6 heteroatoms. The van der Waals surface area contributed by atoms with Crippen LogP contribution < -0.4 is 16.1 Å². The van der Waals surface area contributed by atoms with Crippen molar-refractivity contribution in [3.63, 3.8) is 0 Å². The van der Waals surface area contributed by atoms with Crippen molar-refractivity contribution in [2.45, 2.75) is 33.8 Å². The van der Waals surface area contributed by atoms with Crippen LogP contribution in [0.4, 0.5) is 5.69 Å². The molecule has 2 aromatic carbocycles. The standard InChI is InChI=1S/C19H24N4OS.C2H6/c1-16(14-24-15-17-8-4-2-5-9-17)12-13-25-19-20-21-22-23(19)18-10-6-3-7-11-18;1-2/h2-11,16,21-22H,12-15H2,1H3;1-2H3. The molecule has 5 nitrogen and oxygen atoms in total. The molecule has 0 radical (unpaired) electrons. The Morgan fingerprint density at radius 2 is 1.70 bits per heavy atom. The second kappa shape index (κ2) is 12.4. The number of benzene rings is 2. The van der Waals surface area contributed by atoms with Crippen molar-refractivity contribution in [1.29, 1.82) is 0 Å². The molecule has 0 spiro atoms. The third kappa shape index (κ3) is 7.25. The smallest absolute Gasteiger partial charge is 0.205 e. The minimum atomic E-state index is 0.518. The second-order valence-corrected chi connectivity index (χ2v) is 7.09. The highest BCUT2D eigenvalue weighted by Gasteiger charge is 2.19. The highest BCUT2D eigenvalue weighted by molar-refractivity contribution is 8.14. The van der Waals surface area contributed by atoms with Gasteiger partial charge in [-0.2, -0.15) is 0 Å². The number of anilines is 1. The Hall–Kier alpha value is -2.02. The van der Waals surface area contributed by atoms with Crippen LogP contribution in [0.5, 0.6) is 0 Å². The fourth-order valence-corrected chi connectivity index (χ4v) is 3.55. The maximum atomic E-state index is 5.82. The average Bonchev–Trinajstić information content (AvgIpc) is 3.19. The molecular weight excluding hydrogens is 356 g/mol. The van der Waals surface area contributed by atoms with Crippen LogP contribution in [0.25, 0.3) is 0 Å². The van der Waals surface area contributed by atoms with Gasteiger partial charge in [0.25, 0.3) is 0 Å². The van der Waals surface area contributed by atoms with Crippen LogP contribution in [0.1, 0.15) is 32.8 Å². The normalized spacial score (nSPS) is 14.0. The van der Waals surface area contributed by atoms with Gasteiger partial charge in [-0.1, -0.05) is 81.1 Å². The van der Waals surface area contributed by atoms with E-state index in [1.54, 1.807) is 11.8 Å². The number of thioether (sulfide) groups is 1. The van der Waals surface area contributed by atoms with Gasteiger partial charge in [0.2, 0.25) is 5.17 Å². The molecule has 0 aromatic heterocycles. The van der Waals surface area contributed by atoms with Crippen LogP contribution in [0, 0.1) is 5.92 Å². The maximum absolute atomic E-state index is 5.82. The first-order valence-electron chi connectivity index (χ1n) is 9.51. The van der Waals surface area contributed by atoms with Gasteiger partial charge in [-0.05, 0) is 30.0 Å². The predicted octanol–water partition coefficient (Wildman–Crippen LogP) is 4.79. The van der Waals surface area contributed by atoms with Gasteiger partial charge in [-0.3, -0.25) is 0 Å². The summed E-state index contributed by atoms with van der Waals surface area (Å²) in [6, 6.07) is 20.4. The summed E-state index contributed by atoms with van der Waals surface area (Å²) in [7, 11) is 0. The molecule has 3 rings (SSSR count). The third-order valence-electron chi connectivity index (χ3n) is 3.87. The summed E-state index contributed by atoms with van der Waals surface area (Å²) in [6.45, 7) is 7.69. The molecule has 146 valence electrons. The molecule has 1 aliphatic rings. The van der Waals surface area contributed by atoms with Gasteiger partial charge in [-0.25, -0.2) is 10.5 Å². The molecule has 0 amide bonds. The van der Waals surface area contributed by atoms with E-state index in [-0.39, 0.29) is 0 Å². The van der Waals surface area contributed by atoms with E-state index in [2.05, 4.69) is 47.4 Å². The van der Waals surface area contributed by atoms with Crippen molar-refractivity contribution in [2.75, 3.05) is 17.4 Å². The summed E-state index contributed by atoms with van der Waals surface area (Å²) < 4.78 is 5.82. The number of hydrogen-bond acceptors (Lipinski definition) is 6. The fraction of sp³-hybridized carbons (Fsp3) is 0.381. The van der Waals surface area contributed by atoms with Crippen LogP contribution in [0.2, 0.25) is 0 Å². The minimum Gasteiger partial charge on any atom is -0.376 e. The Labute approximate surface area is 167 Å². The molecule has 2 N–H and O–H groups in total. The van der Waals surface area contributed by atoms with Crippen molar-refractivity contribution in [1.82, 2.24) is 11.1 Å². The van der Waals surface area contributed by atoms with Gasteiger partial charge in [0, 0.05) is 12.4 Å². The number of hydrazone groups is 1. The van der Waals surface area contributed by atoms with E-state index in [1.165, 1.54) is 5.56 Å². The summed E-state index contributed by atoms with van der Waals surface area (Å²) >= 11 is 1.74. The van der Waals surface area contributed by atoms with E-state index in [0.717, 1.165) is 29.6 Å². The minimum absolute atomic E-state index is 0.518. The summed E-state index contributed by atoms with van der Waals surface area (Å²) in [5.41, 5.74) is 8.17. The first-order valence-corrected chi connectivity index (χ1v) is 10.5. The van der Waals surface area contributed by atoms with Gasteiger partial charge in [0.1, 0.15) is 0 Å². The zero-order valence-electron chi connectivity index (χ0n) is 16.4. The van der Waals surface area contributed by atoms with Crippen LogP contribution in [-0.4, -0.2) is 17.5 Å². The van der Waals surface area contributed by atoms with Crippen molar-refractivity contribution in [3.8, 4) is 0 Å².